The molecule has 1 aromatic heterocycles. The molecule has 0 radical (unpaired) electrons. The van der Waals surface area contributed by atoms with Crippen LogP contribution in [-0.4, -0.2) is 16.9 Å². The molecule has 1 aliphatic rings. The minimum Gasteiger partial charge on any atom is -0.309 e. The second-order valence-electron chi connectivity index (χ2n) is 5.31. The molecular weight excluding hydrogens is 248 g/mol. The van der Waals surface area contributed by atoms with Crippen LogP contribution < -0.4 is 4.90 Å². The predicted octanol–water partition coefficient (Wildman–Crippen LogP) is 2.99. The van der Waals surface area contributed by atoms with E-state index in [9.17, 15) is 4.79 Å². The van der Waals surface area contributed by atoms with E-state index in [-0.39, 0.29) is 11.9 Å². The Bertz CT molecular complexity index is 609. The largest absolute Gasteiger partial charge is 0.309 e. The van der Waals surface area contributed by atoms with E-state index in [0.717, 1.165) is 24.1 Å². The Hall–Kier alpha value is -2.16. The third kappa shape index (κ3) is 2.44. The van der Waals surface area contributed by atoms with E-state index in [1.165, 1.54) is 5.56 Å². The maximum absolute atomic E-state index is 12.5. The summed E-state index contributed by atoms with van der Waals surface area (Å²) in [6.45, 7) is 2.11. The summed E-state index contributed by atoms with van der Waals surface area (Å²) in [6, 6.07) is 12.4. The van der Waals surface area contributed by atoms with Crippen molar-refractivity contribution in [3.8, 4) is 0 Å². The normalized spacial score (nSPS) is 17.1. The Morgan fingerprint density at radius 3 is 2.95 bits per heavy atom. The highest BCUT2D eigenvalue weighted by molar-refractivity contribution is 5.96. The summed E-state index contributed by atoms with van der Waals surface area (Å²) in [5.41, 5.74) is 3.46. The monoisotopic (exact) mass is 266 g/mol. The van der Waals surface area contributed by atoms with E-state index in [0.29, 0.717) is 6.42 Å². The molecule has 0 fully saturated rings. The number of aryl methyl sites for hydroxylation is 1. The summed E-state index contributed by atoms with van der Waals surface area (Å²) in [5, 5.41) is 0. The van der Waals surface area contributed by atoms with Crippen LogP contribution in [0, 0.1) is 0 Å². The Morgan fingerprint density at radius 1 is 1.30 bits per heavy atom. The highest BCUT2D eigenvalue weighted by Gasteiger charge is 2.29. The van der Waals surface area contributed by atoms with Gasteiger partial charge in [0.1, 0.15) is 0 Å². The van der Waals surface area contributed by atoms with Crippen molar-refractivity contribution in [3.63, 3.8) is 0 Å². The zero-order valence-corrected chi connectivity index (χ0v) is 11.6. The number of benzene rings is 1. The first kappa shape index (κ1) is 12.9. The van der Waals surface area contributed by atoms with Crippen molar-refractivity contribution in [2.75, 3.05) is 4.90 Å². The van der Waals surface area contributed by atoms with Gasteiger partial charge in [0.05, 0.1) is 0 Å². The van der Waals surface area contributed by atoms with Gasteiger partial charge in [-0.25, -0.2) is 0 Å². The summed E-state index contributed by atoms with van der Waals surface area (Å²) < 4.78 is 0. The average molecular weight is 266 g/mol. The third-order valence-electron chi connectivity index (χ3n) is 3.83. The number of rotatable bonds is 3. The van der Waals surface area contributed by atoms with Crippen LogP contribution in [0.4, 0.5) is 5.69 Å². The van der Waals surface area contributed by atoms with Crippen LogP contribution in [0.3, 0.4) is 0 Å². The van der Waals surface area contributed by atoms with Crippen LogP contribution in [0.2, 0.25) is 0 Å². The molecule has 2 aromatic rings. The number of anilines is 1. The molecule has 1 aliphatic heterocycles. The lowest BCUT2D eigenvalue weighted by atomic mass is 10.1. The van der Waals surface area contributed by atoms with Crippen molar-refractivity contribution in [2.45, 2.75) is 32.2 Å². The first-order chi connectivity index (χ1) is 9.75. The molecule has 0 saturated heterocycles. The summed E-state index contributed by atoms with van der Waals surface area (Å²) in [7, 11) is 0. The van der Waals surface area contributed by atoms with Gasteiger partial charge in [-0.15, -0.1) is 0 Å². The Labute approximate surface area is 119 Å². The topological polar surface area (TPSA) is 33.2 Å². The van der Waals surface area contributed by atoms with Gasteiger partial charge in [-0.1, -0.05) is 24.3 Å². The van der Waals surface area contributed by atoms with Gasteiger partial charge >= 0.3 is 0 Å². The number of fused-ring (bicyclic) bond motifs is 1. The van der Waals surface area contributed by atoms with E-state index in [1.807, 2.05) is 41.4 Å². The van der Waals surface area contributed by atoms with E-state index in [1.54, 1.807) is 6.20 Å². The number of hydrogen-bond donors (Lipinski definition) is 0. The van der Waals surface area contributed by atoms with Crippen molar-refractivity contribution in [3.05, 3.63) is 59.9 Å². The van der Waals surface area contributed by atoms with Gasteiger partial charge in [0.15, 0.2) is 0 Å². The number of para-hydroxylation sites is 1. The van der Waals surface area contributed by atoms with Gasteiger partial charge in [0.2, 0.25) is 5.91 Å². The second-order valence-corrected chi connectivity index (χ2v) is 5.31. The molecule has 102 valence electrons. The number of carbonyl (C=O) groups is 1. The number of carbonyl (C=O) groups excluding carboxylic acids is 1. The number of pyridine rings is 1. The van der Waals surface area contributed by atoms with Crippen LogP contribution in [0.5, 0.6) is 0 Å². The summed E-state index contributed by atoms with van der Waals surface area (Å²) in [4.78, 5) is 18.5. The number of amides is 1. The van der Waals surface area contributed by atoms with E-state index < -0.39 is 0 Å². The standard InChI is InChI=1S/C17H18N2O/c1-13-11-15-6-2-3-7-16(15)19(13)17(20)9-8-14-5-4-10-18-12-14/h2-7,10,12-13H,8-9,11H2,1H3. The van der Waals surface area contributed by atoms with Gasteiger partial charge in [-0.3, -0.25) is 9.78 Å². The smallest absolute Gasteiger partial charge is 0.227 e. The highest BCUT2D eigenvalue weighted by Crippen LogP contribution is 2.32. The van der Waals surface area contributed by atoms with Gasteiger partial charge < -0.3 is 4.90 Å². The second kappa shape index (κ2) is 5.45. The summed E-state index contributed by atoms with van der Waals surface area (Å²) >= 11 is 0. The van der Waals surface area contributed by atoms with Gasteiger partial charge in [0.25, 0.3) is 0 Å². The van der Waals surface area contributed by atoms with Crippen molar-refractivity contribution in [1.29, 1.82) is 0 Å². The summed E-state index contributed by atoms with van der Waals surface area (Å²) in [6.07, 6.45) is 5.82. The fourth-order valence-corrected chi connectivity index (χ4v) is 2.86. The van der Waals surface area contributed by atoms with Crippen molar-refractivity contribution in [1.82, 2.24) is 4.98 Å². The molecule has 0 saturated carbocycles. The highest BCUT2D eigenvalue weighted by atomic mass is 16.2. The Kier molecular flexibility index (Phi) is 3.50. The molecule has 1 unspecified atom stereocenters. The first-order valence-corrected chi connectivity index (χ1v) is 7.04. The fourth-order valence-electron chi connectivity index (χ4n) is 2.86. The molecule has 0 N–H and O–H groups in total. The molecule has 1 atom stereocenters. The lowest BCUT2D eigenvalue weighted by molar-refractivity contribution is -0.118. The SMILES string of the molecule is CC1Cc2ccccc2N1C(=O)CCc1cccnc1. The van der Waals surface area contributed by atoms with Crippen LogP contribution in [0.15, 0.2) is 48.8 Å². The number of aromatic nitrogens is 1. The first-order valence-electron chi connectivity index (χ1n) is 7.04. The fraction of sp³-hybridized carbons (Fsp3) is 0.294. The minimum atomic E-state index is 0.200. The lowest BCUT2D eigenvalue weighted by Gasteiger charge is -2.22. The molecule has 3 rings (SSSR count). The zero-order valence-electron chi connectivity index (χ0n) is 11.6. The van der Waals surface area contributed by atoms with Crippen LogP contribution in [0.25, 0.3) is 0 Å². The third-order valence-corrected chi connectivity index (χ3v) is 3.83. The van der Waals surface area contributed by atoms with Crippen molar-refractivity contribution < 1.29 is 4.79 Å². The maximum atomic E-state index is 12.5. The van der Waals surface area contributed by atoms with Crippen molar-refractivity contribution >= 4 is 11.6 Å². The Balaban J connectivity index is 1.71. The molecule has 2 heterocycles. The quantitative estimate of drug-likeness (QED) is 0.855. The zero-order chi connectivity index (χ0) is 13.9. The van der Waals surface area contributed by atoms with Crippen LogP contribution >= 0.6 is 0 Å². The number of hydrogen-bond acceptors (Lipinski definition) is 2. The molecule has 1 amide bonds. The Morgan fingerprint density at radius 2 is 2.15 bits per heavy atom. The molecule has 1 aromatic carbocycles. The maximum Gasteiger partial charge on any atom is 0.227 e. The molecule has 0 spiro atoms. The molecule has 0 bridgehead atoms. The van der Waals surface area contributed by atoms with Gasteiger partial charge in [0, 0.05) is 30.5 Å². The van der Waals surface area contributed by atoms with Crippen molar-refractivity contribution in [2.24, 2.45) is 0 Å². The molecule has 20 heavy (non-hydrogen) atoms. The van der Waals surface area contributed by atoms with E-state index in [2.05, 4.69) is 18.0 Å². The predicted molar refractivity (Wildman–Crippen MR) is 79.7 cm³/mol. The molecule has 0 aliphatic carbocycles. The summed E-state index contributed by atoms with van der Waals surface area (Å²) in [5.74, 6) is 0.200. The lowest BCUT2D eigenvalue weighted by Crippen LogP contribution is -2.35. The average Bonchev–Trinajstić information content (AvgIpc) is 2.82. The molecule has 3 nitrogen and oxygen atoms in total. The van der Waals surface area contributed by atoms with E-state index in [4.69, 9.17) is 0 Å². The minimum absolute atomic E-state index is 0.200. The number of nitrogens with zero attached hydrogens (tertiary/aromatic N) is 2. The van der Waals surface area contributed by atoms with Crippen LogP contribution in [0.1, 0.15) is 24.5 Å². The van der Waals surface area contributed by atoms with Gasteiger partial charge in [-0.05, 0) is 43.0 Å². The molecule has 3 heteroatoms. The molecular formula is C17H18N2O. The van der Waals surface area contributed by atoms with E-state index >= 15 is 0 Å². The van der Waals surface area contributed by atoms with Gasteiger partial charge in [-0.2, -0.15) is 0 Å². The van der Waals surface area contributed by atoms with Crippen LogP contribution in [-0.2, 0) is 17.6 Å².